The quantitative estimate of drug-likeness (QED) is 0.684. The number of rotatable bonds is 3. The van der Waals surface area contributed by atoms with Crippen molar-refractivity contribution in [1.29, 1.82) is 0 Å². The highest BCUT2D eigenvalue weighted by molar-refractivity contribution is 5.81. The summed E-state index contributed by atoms with van der Waals surface area (Å²) in [7, 11) is 0. The number of hydrogen-bond donors (Lipinski definition) is 3. The Kier molecular flexibility index (Phi) is 2.47. The lowest BCUT2D eigenvalue weighted by Gasteiger charge is -2.01. The van der Waals surface area contributed by atoms with Crippen LogP contribution in [0.4, 0.5) is 0 Å². The number of benzene rings is 1. The van der Waals surface area contributed by atoms with Crippen LogP contribution in [0.5, 0.6) is 5.75 Å². The van der Waals surface area contributed by atoms with Crippen molar-refractivity contribution in [1.82, 2.24) is 9.55 Å². The maximum absolute atomic E-state index is 11.5. The molecule has 0 aliphatic heterocycles. The molecule has 2 rings (SSSR count). The highest BCUT2D eigenvalue weighted by Gasteiger charge is 2.08. The molecular weight excluding hydrogens is 196 g/mol. The van der Waals surface area contributed by atoms with Crippen molar-refractivity contribution in [2.24, 2.45) is 0 Å². The van der Waals surface area contributed by atoms with Gasteiger partial charge >= 0.3 is 5.69 Å². The van der Waals surface area contributed by atoms with Crippen molar-refractivity contribution >= 4 is 11.0 Å². The van der Waals surface area contributed by atoms with E-state index in [0.29, 0.717) is 24.0 Å². The first kappa shape index (κ1) is 9.79. The average Bonchev–Trinajstić information content (AvgIpc) is 2.54. The van der Waals surface area contributed by atoms with E-state index in [0.717, 1.165) is 0 Å². The highest BCUT2D eigenvalue weighted by atomic mass is 16.3. The van der Waals surface area contributed by atoms with E-state index in [1.807, 2.05) is 0 Å². The van der Waals surface area contributed by atoms with Gasteiger partial charge in [0.25, 0.3) is 0 Å². The van der Waals surface area contributed by atoms with Crippen LogP contribution in [0.3, 0.4) is 0 Å². The molecule has 5 heteroatoms. The summed E-state index contributed by atoms with van der Waals surface area (Å²) >= 11 is 0. The summed E-state index contributed by atoms with van der Waals surface area (Å²) < 4.78 is 1.51. The fourth-order valence-corrected chi connectivity index (χ4v) is 1.62. The fraction of sp³-hybridized carbons (Fsp3) is 0.300. The van der Waals surface area contributed by atoms with Gasteiger partial charge in [0.2, 0.25) is 0 Å². The number of H-pyrrole nitrogens is 1. The Bertz CT molecular complexity index is 527. The van der Waals surface area contributed by atoms with Gasteiger partial charge in [-0.2, -0.15) is 0 Å². The summed E-state index contributed by atoms with van der Waals surface area (Å²) in [5.41, 5.74) is 0.842. The van der Waals surface area contributed by atoms with Gasteiger partial charge in [0, 0.05) is 13.2 Å². The van der Waals surface area contributed by atoms with Crippen LogP contribution in [0.2, 0.25) is 0 Å². The van der Waals surface area contributed by atoms with E-state index in [4.69, 9.17) is 5.11 Å². The van der Waals surface area contributed by atoms with Gasteiger partial charge in [-0.3, -0.25) is 4.57 Å². The Morgan fingerprint density at radius 3 is 2.93 bits per heavy atom. The van der Waals surface area contributed by atoms with Gasteiger partial charge in [-0.25, -0.2) is 4.79 Å². The number of fused-ring (bicyclic) bond motifs is 1. The second-order valence-electron chi connectivity index (χ2n) is 3.33. The standard InChI is InChI=1S/C10H12N2O3/c13-6-2-5-12-7-3-1-4-8(14)9(7)11-10(12)15/h1,3-4,13-14H,2,5-6H2,(H,11,15). The molecule has 5 nitrogen and oxygen atoms in total. The summed E-state index contributed by atoms with van der Waals surface area (Å²) in [5, 5.41) is 18.2. The zero-order valence-corrected chi connectivity index (χ0v) is 8.10. The van der Waals surface area contributed by atoms with Crippen molar-refractivity contribution in [2.45, 2.75) is 13.0 Å². The van der Waals surface area contributed by atoms with Gasteiger partial charge < -0.3 is 15.2 Å². The molecular formula is C10H12N2O3. The van der Waals surface area contributed by atoms with E-state index in [9.17, 15) is 9.90 Å². The van der Waals surface area contributed by atoms with Crippen molar-refractivity contribution in [3.63, 3.8) is 0 Å². The van der Waals surface area contributed by atoms with Crippen molar-refractivity contribution in [3.8, 4) is 5.75 Å². The minimum atomic E-state index is -0.264. The molecule has 2 aromatic rings. The van der Waals surface area contributed by atoms with Crippen LogP contribution in [0.1, 0.15) is 6.42 Å². The van der Waals surface area contributed by atoms with Crippen LogP contribution >= 0.6 is 0 Å². The maximum Gasteiger partial charge on any atom is 0.326 e. The smallest absolute Gasteiger partial charge is 0.326 e. The molecule has 0 radical (unpaired) electrons. The zero-order chi connectivity index (χ0) is 10.8. The molecule has 0 aliphatic carbocycles. The predicted molar refractivity (Wildman–Crippen MR) is 55.9 cm³/mol. The number of aromatic nitrogens is 2. The summed E-state index contributed by atoms with van der Waals surface area (Å²) in [4.78, 5) is 14.1. The third-order valence-corrected chi connectivity index (χ3v) is 2.33. The first-order valence-electron chi connectivity index (χ1n) is 4.75. The normalized spacial score (nSPS) is 11.0. The van der Waals surface area contributed by atoms with Crippen LogP contribution in [0.15, 0.2) is 23.0 Å². The average molecular weight is 208 g/mol. The minimum absolute atomic E-state index is 0.0396. The van der Waals surface area contributed by atoms with E-state index in [1.165, 1.54) is 10.6 Å². The maximum atomic E-state index is 11.5. The first-order chi connectivity index (χ1) is 7.24. The lowest BCUT2D eigenvalue weighted by atomic mass is 10.3. The number of nitrogens with one attached hydrogen (secondary N) is 1. The molecule has 80 valence electrons. The third kappa shape index (κ3) is 1.61. The largest absolute Gasteiger partial charge is 0.506 e. The van der Waals surface area contributed by atoms with E-state index < -0.39 is 0 Å². The number of aryl methyl sites for hydroxylation is 1. The SMILES string of the molecule is O=c1[nH]c2c(O)cccc2n1CCCO. The van der Waals surface area contributed by atoms with Gasteiger partial charge in [0.15, 0.2) is 0 Å². The summed E-state index contributed by atoms with van der Waals surface area (Å²) in [6.45, 7) is 0.483. The Labute approximate surface area is 85.6 Å². The van der Waals surface area contributed by atoms with Gasteiger partial charge in [-0.15, -0.1) is 0 Å². The third-order valence-electron chi connectivity index (χ3n) is 2.33. The fourth-order valence-electron chi connectivity index (χ4n) is 1.62. The molecule has 1 aromatic carbocycles. The number of phenolic OH excluding ortho intramolecular Hbond substituents is 1. The minimum Gasteiger partial charge on any atom is -0.506 e. The number of nitrogens with zero attached hydrogens (tertiary/aromatic N) is 1. The predicted octanol–water partition coefficient (Wildman–Crippen LogP) is 0.418. The van der Waals surface area contributed by atoms with E-state index in [1.54, 1.807) is 12.1 Å². The summed E-state index contributed by atoms with van der Waals surface area (Å²) in [5.74, 6) is 0.0624. The number of hydrogen-bond acceptors (Lipinski definition) is 3. The van der Waals surface area contributed by atoms with E-state index in [2.05, 4.69) is 4.98 Å². The molecule has 3 N–H and O–H groups in total. The van der Waals surface area contributed by atoms with Crippen LogP contribution < -0.4 is 5.69 Å². The van der Waals surface area contributed by atoms with Crippen LogP contribution in [0, 0.1) is 0 Å². The highest BCUT2D eigenvalue weighted by Crippen LogP contribution is 2.20. The molecule has 0 fully saturated rings. The zero-order valence-electron chi connectivity index (χ0n) is 8.10. The van der Waals surface area contributed by atoms with Crippen molar-refractivity contribution < 1.29 is 10.2 Å². The van der Waals surface area contributed by atoms with Crippen molar-refractivity contribution in [3.05, 3.63) is 28.7 Å². The molecule has 0 amide bonds. The Balaban J connectivity index is 2.58. The van der Waals surface area contributed by atoms with Crippen LogP contribution in [0.25, 0.3) is 11.0 Å². The molecule has 0 saturated carbocycles. The molecule has 0 atom stereocenters. The topological polar surface area (TPSA) is 78.2 Å². The Hall–Kier alpha value is -1.75. The lowest BCUT2D eigenvalue weighted by Crippen LogP contribution is -2.17. The second-order valence-corrected chi connectivity index (χ2v) is 3.33. The number of para-hydroxylation sites is 1. The number of aliphatic hydroxyl groups excluding tert-OH is 1. The van der Waals surface area contributed by atoms with E-state index in [-0.39, 0.29) is 18.0 Å². The molecule has 15 heavy (non-hydrogen) atoms. The van der Waals surface area contributed by atoms with Crippen LogP contribution in [-0.4, -0.2) is 26.4 Å². The Morgan fingerprint density at radius 1 is 1.40 bits per heavy atom. The molecule has 0 unspecified atom stereocenters. The molecule has 1 heterocycles. The lowest BCUT2D eigenvalue weighted by molar-refractivity contribution is 0.280. The Morgan fingerprint density at radius 2 is 2.20 bits per heavy atom. The molecule has 0 saturated heterocycles. The van der Waals surface area contributed by atoms with E-state index >= 15 is 0 Å². The number of imidazole rings is 1. The number of aliphatic hydroxyl groups is 1. The number of aromatic hydroxyl groups is 1. The monoisotopic (exact) mass is 208 g/mol. The number of aromatic amines is 1. The second kappa shape index (κ2) is 3.78. The summed E-state index contributed by atoms with van der Waals surface area (Å²) in [6, 6.07) is 4.96. The molecule has 0 spiro atoms. The van der Waals surface area contributed by atoms with Gasteiger partial charge in [0.1, 0.15) is 11.3 Å². The first-order valence-corrected chi connectivity index (χ1v) is 4.75. The van der Waals surface area contributed by atoms with Gasteiger partial charge in [0.05, 0.1) is 5.52 Å². The summed E-state index contributed by atoms with van der Waals surface area (Å²) in [6.07, 6.45) is 0.516. The number of phenols is 1. The van der Waals surface area contributed by atoms with Crippen molar-refractivity contribution in [2.75, 3.05) is 6.61 Å². The van der Waals surface area contributed by atoms with Crippen LogP contribution in [-0.2, 0) is 6.54 Å². The van der Waals surface area contributed by atoms with Gasteiger partial charge in [-0.1, -0.05) is 6.07 Å². The molecule has 0 bridgehead atoms. The van der Waals surface area contributed by atoms with Gasteiger partial charge in [-0.05, 0) is 18.6 Å². The molecule has 1 aromatic heterocycles. The molecule has 0 aliphatic rings.